The number of benzene rings is 1. The molecule has 4 nitrogen and oxygen atoms in total. The molecule has 1 amide bonds. The molecule has 5 heteroatoms. The van der Waals surface area contributed by atoms with Gasteiger partial charge in [-0.05, 0) is 49.1 Å². The maximum atomic E-state index is 13.2. The molecule has 0 atom stereocenters. The lowest BCUT2D eigenvalue weighted by Gasteiger charge is -2.29. The van der Waals surface area contributed by atoms with Crippen molar-refractivity contribution in [2.75, 3.05) is 25.5 Å². The largest absolute Gasteiger partial charge is 0.363 e. The van der Waals surface area contributed by atoms with E-state index in [0.29, 0.717) is 18.2 Å². The van der Waals surface area contributed by atoms with Crippen molar-refractivity contribution >= 4 is 11.7 Å². The predicted octanol–water partition coefficient (Wildman–Crippen LogP) is 3.91. The minimum atomic E-state index is -0.231. The van der Waals surface area contributed by atoms with Gasteiger partial charge in [-0.1, -0.05) is 25.0 Å². The number of hydrogen-bond acceptors (Lipinski definition) is 3. The molecule has 1 aromatic carbocycles. The van der Waals surface area contributed by atoms with Crippen LogP contribution in [-0.2, 0) is 6.42 Å². The summed E-state index contributed by atoms with van der Waals surface area (Å²) in [6.45, 7) is 0.648. The fourth-order valence-corrected chi connectivity index (χ4v) is 3.53. The number of rotatable bonds is 6. The van der Waals surface area contributed by atoms with Crippen LogP contribution in [0.25, 0.3) is 0 Å². The number of amides is 1. The third kappa shape index (κ3) is 4.40. The zero-order chi connectivity index (χ0) is 18.5. The number of carbonyl (C=O) groups excluding carboxylic acids is 1. The highest BCUT2D eigenvalue weighted by atomic mass is 19.1. The van der Waals surface area contributed by atoms with E-state index in [-0.39, 0.29) is 11.7 Å². The molecule has 1 aromatic heterocycles. The third-order valence-corrected chi connectivity index (χ3v) is 5.03. The van der Waals surface area contributed by atoms with Gasteiger partial charge in [-0.25, -0.2) is 9.37 Å². The first-order chi connectivity index (χ1) is 12.5. The van der Waals surface area contributed by atoms with Crippen LogP contribution in [0.3, 0.4) is 0 Å². The van der Waals surface area contributed by atoms with E-state index in [9.17, 15) is 9.18 Å². The van der Waals surface area contributed by atoms with Crippen molar-refractivity contribution < 1.29 is 9.18 Å². The van der Waals surface area contributed by atoms with E-state index in [1.807, 2.05) is 30.0 Å². The van der Waals surface area contributed by atoms with Crippen LogP contribution >= 0.6 is 0 Å². The predicted molar refractivity (Wildman–Crippen MR) is 102 cm³/mol. The second-order valence-electron chi connectivity index (χ2n) is 7.11. The molecule has 2 aromatic rings. The number of aromatic nitrogens is 1. The summed E-state index contributed by atoms with van der Waals surface area (Å²) in [5.74, 6) is 0.607. The number of nitrogens with zero attached hydrogens (tertiary/aromatic N) is 3. The third-order valence-electron chi connectivity index (χ3n) is 5.03. The van der Waals surface area contributed by atoms with E-state index in [4.69, 9.17) is 0 Å². The molecule has 0 N–H and O–H groups in total. The zero-order valence-corrected chi connectivity index (χ0v) is 15.5. The van der Waals surface area contributed by atoms with Gasteiger partial charge in [-0.3, -0.25) is 4.79 Å². The van der Waals surface area contributed by atoms with Crippen LogP contribution < -0.4 is 4.90 Å². The van der Waals surface area contributed by atoms with Gasteiger partial charge in [0.15, 0.2) is 0 Å². The summed E-state index contributed by atoms with van der Waals surface area (Å²) in [5, 5.41) is 0. The Morgan fingerprint density at radius 1 is 1.15 bits per heavy atom. The second-order valence-corrected chi connectivity index (χ2v) is 7.11. The molecule has 0 spiro atoms. The summed E-state index contributed by atoms with van der Waals surface area (Å²) >= 11 is 0. The summed E-state index contributed by atoms with van der Waals surface area (Å²) in [4.78, 5) is 21.4. The first-order valence-electron chi connectivity index (χ1n) is 9.23. The van der Waals surface area contributed by atoms with Crippen molar-refractivity contribution in [3.8, 4) is 0 Å². The van der Waals surface area contributed by atoms with Crippen molar-refractivity contribution in [1.29, 1.82) is 0 Å². The van der Waals surface area contributed by atoms with Gasteiger partial charge in [0.05, 0.1) is 0 Å². The Hall–Kier alpha value is -2.43. The Labute approximate surface area is 154 Å². The average Bonchev–Trinajstić information content (AvgIpc) is 3.18. The lowest BCUT2D eigenvalue weighted by Crippen LogP contribution is -2.40. The zero-order valence-electron chi connectivity index (χ0n) is 15.5. The minimum Gasteiger partial charge on any atom is -0.363 e. The first-order valence-corrected chi connectivity index (χ1v) is 9.23. The van der Waals surface area contributed by atoms with Gasteiger partial charge >= 0.3 is 0 Å². The maximum Gasteiger partial charge on any atom is 0.254 e. The molecule has 0 radical (unpaired) electrons. The van der Waals surface area contributed by atoms with Gasteiger partial charge in [-0.15, -0.1) is 0 Å². The summed E-state index contributed by atoms with van der Waals surface area (Å²) in [6, 6.07) is 10.5. The van der Waals surface area contributed by atoms with Crippen LogP contribution in [0.4, 0.5) is 10.2 Å². The van der Waals surface area contributed by atoms with Crippen molar-refractivity contribution in [3.05, 3.63) is 59.5 Å². The first kappa shape index (κ1) is 18.4. The summed E-state index contributed by atoms with van der Waals surface area (Å²) < 4.78 is 13.1. The maximum absolute atomic E-state index is 13.2. The molecule has 0 bridgehead atoms. The summed E-state index contributed by atoms with van der Waals surface area (Å²) in [7, 11) is 3.83. The molecular formula is C21H26FN3O. The van der Waals surface area contributed by atoms with Crippen LogP contribution in [0, 0.1) is 5.82 Å². The van der Waals surface area contributed by atoms with E-state index in [2.05, 4.69) is 4.98 Å². The van der Waals surface area contributed by atoms with E-state index >= 15 is 0 Å². The molecule has 1 heterocycles. The Kier molecular flexibility index (Phi) is 5.86. The smallest absolute Gasteiger partial charge is 0.254 e. The van der Waals surface area contributed by atoms with Crippen LogP contribution in [0.15, 0.2) is 42.6 Å². The van der Waals surface area contributed by atoms with Crippen molar-refractivity contribution in [2.45, 2.75) is 38.1 Å². The van der Waals surface area contributed by atoms with Gasteiger partial charge in [0, 0.05) is 38.4 Å². The van der Waals surface area contributed by atoms with Crippen LogP contribution in [0.1, 0.15) is 41.6 Å². The fraction of sp³-hybridized carbons (Fsp3) is 0.429. The standard InChI is InChI=1S/C21H26FN3O/c1-24(2)20-15-17(11-13-23-20)21(26)25(19-5-3-4-6-19)14-12-16-7-9-18(22)10-8-16/h7-11,13,15,19H,3-6,12,14H2,1-2H3. The van der Waals surface area contributed by atoms with Gasteiger partial charge < -0.3 is 9.80 Å². The fourth-order valence-electron chi connectivity index (χ4n) is 3.53. The number of pyridine rings is 1. The van der Waals surface area contributed by atoms with E-state index in [1.165, 1.54) is 25.0 Å². The van der Waals surface area contributed by atoms with Crippen molar-refractivity contribution in [3.63, 3.8) is 0 Å². The molecule has 1 aliphatic carbocycles. The van der Waals surface area contributed by atoms with Crippen molar-refractivity contribution in [2.24, 2.45) is 0 Å². The molecule has 0 unspecified atom stereocenters. The summed E-state index contributed by atoms with van der Waals surface area (Å²) in [6.07, 6.45) is 6.87. The summed E-state index contributed by atoms with van der Waals surface area (Å²) in [5.41, 5.74) is 1.72. The van der Waals surface area contributed by atoms with Crippen LogP contribution in [0.5, 0.6) is 0 Å². The molecular weight excluding hydrogens is 329 g/mol. The molecule has 26 heavy (non-hydrogen) atoms. The van der Waals surface area contributed by atoms with Crippen LogP contribution in [-0.4, -0.2) is 42.5 Å². The molecule has 1 aliphatic rings. The lowest BCUT2D eigenvalue weighted by atomic mass is 10.1. The Morgan fingerprint density at radius 2 is 1.85 bits per heavy atom. The molecule has 138 valence electrons. The SMILES string of the molecule is CN(C)c1cc(C(=O)N(CCc2ccc(F)cc2)C2CCCC2)ccn1. The quantitative estimate of drug-likeness (QED) is 0.788. The number of anilines is 1. The average molecular weight is 355 g/mol. The molecule has 0 aliphatic heterocycles. The number of carbonyl (C=O) groups is 1. The second kappa shape index (κ2) is 8.30. The lowest BCUT2D eigenvalue weighted by molar-refractivity contribution is 0.0684. The Bertz CT molecular complexity index is 739. The van der Waals surface area contributed by atoms with E-state index < -0.39 is 0 Å². The molecule has 3 rings (SSSR count). The Morgan fingerprint density at radius 3 is 2.50 bits per heavy atom. The molecule has 1 fully saturated rings. The molecule has 0 saturated heterocycles. The highest BCUT2D eigenvalue weighted by molar-refractivity contribution is 5.95. The minimum absolute atomic E-state index is 0.0597. The number of halogens is 1. The van der Waals surface area contributed by atoms with Crippen LogP contribution in [0.2, 0.25) is 0 Å². The molecule has 1 saturated carbocycles. The van der Waals surface area contributed by atoms with E-state index in [0.717, 1.165) is 30.6 Å². The monoisotopic (exact) mass is 355 g/mol. The van der Waals surface area contributed by atoms with E-state index in [1.54, 1.807) is 24.4 Å². The Balaban J connectivity index is 1.77. The van der Waals surface area contributed by atoms with Gasteiger partial charge in [0.1, 0.15) is 11.6 Å². The van der Waals surface area contributed by atoms with Gasteiger partial charge in [0.2, 0.25) is 0 Å². The van der Waals surface area contributed by atoms with Gasteiger partial charge in [0.25, 0.3) is 5.91 Å². The highest BCUT2D eigenvalue weighted by Gasteiger charge is 2.27. The topological polar surface area (TPSA) is 36.4 Å². The normalized spacial score (nSPS) is 14.4. The van der Waals surface area contributed by atoms with Gasteiger partial charge in [-0.2, -0.15) is 0 Å². The number of hydrogen-bond donors (Lipinski definition) is 0. The highest BCUT2D eigenvalue weighted by Crippen LogP contribution is 2.26. The van der Waals surface area contributed by atoms with Crippen molar-refractivity contribution in [1.82, 2.24) is 9.88 Å².